The summed E-state index contributed by atoms with van der Waals surface area (Å²) in [7, 11) is 0. The van der Waals surface area contributed by atoms with Gasteiger partial charge in [0.25, 0.3) is 0 Å². The monoisotopic (exact) mass is 281 g/mol. The first-order valence-corrected chi connectivity index (χ1v) is 5.61. The second-order valence-corrected chi connectivity index (χ2v) is 4.21. The lowest BCUT2D eigenvalue weighted by atomic mass is 10.2. The highest BCUT2D eigenvalue weighted by Gasteiger charge is 2.30. The van der Waals surface area contributed by atoms with Gasteiger partial charge in [-0.15, -0.1) is 0 Å². The largest absolute Gasteiger partial charge is 0.416 e. The number of aromatic nitrogens is 3. The van der Waals surface area contributed by atoms with Gasteiger partial charge in [0.05, 0.1) is 22.8 Å². The van der Waals surface area contributed by atoms with Crippen LogP contribution in [-0.4, -0.2) is 15.0 Å². The molecule has 102 valence electrons. The maximum atomic E-state index is 13.1. The maximum Gasteiger partial charge on any atom is 0.416 e. The molecule has 0 saturated carbocycles. The molecule has 0 spiro atoms. The predicted octanol–water partition coefficient (Wildman–Crippen LogP) is 3.78. The first-order valence-electron chi connectivity index (χ1n) is 5.61. The van der Waals surface area contributed by atoms with Crippen LogP contribution in [-0.2, 0) is 6.18 Å². The number of aromatic amines is 1. The van der Waals surface area contributed by atoms with Gasteiger partial charge >= 0.3 is 6.18 Å². The number of H-pyrrole nitrogens is 1. The summed E-state index contributed by atoms with van der Waals surface area (Å²) >= 11 is 0. The lowest BCUT2D eigenvalue weighted by molar-refractivity contribution is -0.137. The summed E-state index contributed by atoms with van der Waals surface area (Å²) in [6.45, 7) is 0. The highest BCUT2D eigenvalue weighted by molar-refractivity contribution is 5.80. The third-order valence-corrected chi connectivity index (χ3v) is 2.79. The molecule has 3 nitrogen and oxygen atoms in total. The molecule has 0 atom stereocenters. The van der Waals surface area contributed by atoms with E-state index in [1.807, 2.05) is 0 Å². The van der Waals surface area contributed by atoms with Crippen LogP contribution in [0.5, 0.6) is 0 Å². The average Bonchev–Trinajstić information content (AvgIpc) is 2.80. The highest BCUT2D eigenvalue weighted by atomic mass is 19.4. The molecule has 0 fully saturated rings. The molecule has 0 radical (unpaired) electrons. The third-order valence-electron chi connectivity index (χ3n) is 2.79. The van der Waals surface area contributed by atoms with Gasteiger partial charge in [-0.3, -0.25) is 4.98 Å². The Morgan fingerprint density at radius 2 is 1.85 bits per heavy atom. The van der Waals surface area contributed by atoms with Gasteiger partial charge in [0.1, 0.15) is 11.6 Å². The van der Waals surface area contributed by atoms with Crippen molar-refractivity contribution in [2.75, 3.05) is 0 Å². The molecule has 0 unspecified atom stereocenters. The van der Waals surface area contributed by atoms with E-state index in [1.165, 1.54) is 18.3 Å². The molecule has 0 aliphatic heterocycles. The van der Waals surface area contributed by atoms with Crippen LogP contribution in [0.25, 0.3) is 22.4 Å². The number of benzene rings is 1. The van der Waals surface area contributed by atoms with Crippen LogP contribution in [0.15, 0.2) is 36.7 Å². The molecule has 3 aromatic rings. The fourth-order valence-electron chi connectivity index (χ4n) is 1.86. The van der Waals surface area contributed by atoms with E-state index in [0.29, 0.717) is 11.1 Å². The smallest absolute Gasteiger partial charge is 0.338 e. The molecule has 0 amide bonds. The van der Waals surface area contributed by atoms with Crippen molar-refractivity contribution < 1.29 is 17.6 Å². The normalized spacial score (nSPS) is 12.0. The number of nitrogens with zero attached hydrogens (tertiary/aromatic N) is 2. The van der Waals surface area contributed by atoms with Crippen molar-refractivity contribution in [3.8, 4) is 11.4 Å². The molecule has 7 heteroatoms. The Morgan fingerprint density at radius 3 is 2.55 bits per heavy atom. The summed E-state index contributed by atoms with van der Waals surface area (Å²) in [4.78, 5) is 10.5. The van der Waals surface area contributed by atoms with Gasteiger partial charge in [0.2, 0.25) is 0 Å². The van der Waals surface area contributed by atoms with Gasteiger partial charge < -0.3 is 4.98 Å². The van der Waals surface area contributed by atoms with Gasteiger partial charge in [0, 0.05) is 11.8 Å². The number of alkyl halides is 3. The Balaban J connectivity index is 2.11. The van der Waals surface area contributed by atoms with E-state index in [2.05, 4.69) is 15.0 Å². The van der Waals surface area contributed by atoms with Crippen LogP contribution < -0.4 is 0 Å². The van der Waals surface area contributed by atoms with Crippen molar-refractivity contribution in [1.82, 2.24) is 15.0 Å². The molecule has 20 heavy (non-hydrogen) atoms. The van der Waals surface area contributed by atoms with Crippen molar-refractivity contribution in [2.24, 2.45) is 0 Å². The second-order valence-electron chi connectivity index (χ2n) is 4.21. The molecule has 0 aliphatic rings. The van der Waals surface area contributed by atoms with Crippen LogP contribution >= 0.6 is 0 Å². The molecular formula is C13H7F4N3. The number of nitrogens with one attached hydrogen (secondary N) is 1. The third kappa shape index (κ3) is 2.22. The molecule has 0 aliphatic carbocycles. The summed E-state index contributed by atoms with van der Waals surface area (Å²) in [6, 6.07) is 4.40. The van der Waals surface area contributed by atoms with Crippen LogP contribution in [0.2, 0.25) is 0 Å². The molecule has 0 saturated heterocycles. The van der Waals surface area contributed by atoms with Crippen molar-refractivity contribution >= 4 is 11.0 Å². The Labute approximate surface area is 110 Å². The minimum absolute atomic E-state index is 0.235. The average molecular weight is 281 g/mol. The van der Waals surface area contributed by atoms with E-state index in [1.54, 1.807) is 0 Å². The molecule has 1 aromatic carbocycles. The zero-order valence-corrected chi connectivity index (χ0v) is 9.87. The number of halogens is 4. The minimum atomic E-state index is -4.42. The van der Waals surface area contributed by atoms with E-state index < -0.39 is 17.6 Å². The van der Waals surface area contributed by atoms with E-state index in [4.69, 9.17) is 0 Å². The van der Waals surface area contributed by atoms with Crippen LogP contribution in [0, 0.1) is 5.82 Å². The minimum Gasteiger partial charge on any atom is -0.338 e. The van der Waals surface area contributed by atoms with Gasteiger partial charge in [-0.2, -0.15) is 13.2 Å². The molecule has 1 N–H and O–H groups in total. The van der Waals surface area contributed by atoms with E-state index in [9.17, 15) is 17.6 Å². The zero-order chi connectivity index (χ0) is 14.3. The summed E-state index contributed by atoms with van der Waals surface area (Å²) in [5, 5.41) is 0. The molecule has 3 rings (SSSR count). The fourth-order valence-corrected chi connectivity index (χ4v) is 1.86. The van der Waals surface area contributed by atoms with Gasteiger partial charge in [-0.25, -0.2) is 9.37 Å². The maximum absolute atomic E-state index is 13.1. The number of hydrogen-bond acceptors (Lipinski definition) is 2. The molecule has 2 heterocycles. The number of fused-ring (bicyclic) bond motifs is 1. The number of hydrogen-bond donors (Lipinski definition) is 1. The lowest BCUT2D eigenvalue weighted by Crippen LogP contribution is -2.04. The van der Waals surface area contributed by atoms with Gasteiger partial charge in [0.15, 0.2) is 0 Å². The number of imidazole rings is 1. The SMILES string of the molecule is Fc1cncc(-c2nc3ccc(C(F)(F)F)cc3[nH]2)c1. The van der Waals surface area contributed by atoms with Crippen molar-refractivity contribution in [2.45, 2.75) is 6.18 Å². The summed E-state index contributed by atoms with van der Waals surface area (Å²) in [5.74, 6) is -0.273. The van der Waals surface area contributed by atoms with E-state index in [0.717, 1.165) is 18.3 Å². The topological polar surface area (TPSA) is 41.6 Å². The van der Waals surface area contributed by atoms with E-state index in [-0.39, 0.29) is 11.3 Å². The molecular weight excluding hydrogens is 274 g/mol. The first kappa shape index (κ1) is 12.6. The van der Waals surface area contributed by atoms with E-state index >= 15 is 0 Å². The van der Waals surface area contributed by atoms with Crippen LogP contribution in [0.3, 0.4) is 0 Å². The molecule has 0 bridgehead atoms. The Morgan fingerprint density at radius 1 is 1.05 bits per heavy atom. The van der Waals surface area contributed by atoms with Crippen molar-refractivity contribution in [3.05, 3.63) is 48.0 Å². The zero-order valence-electron chi connectivity index (χ0n) is 9.87. The second kappa shape index (κ2) is 4.29. The molecule has 2 aromatic heterocycles. The van der Waals surface area contributed by atoms with Gasteiger partial charge in [-0.1, -0.05) is 0 Å². The van der Waals surface area contributed by atoms with Gasteiger partial charge in [-0.05, 0) is 24.3 Å². The lowest BCUT2D eigenvalue weighted by Gasteiger charge is -2.05. The van der Waals surface area contributed by atoms with Crippen molar-refractivity contribution in [3.63, 3.8) is 0 Å². The Kier molecular flexibility index (Phi) is 2.70. The Bertz CT molecular complexity index is 777. The number of pyridine rings is 1. The van der Waals surface area contributed by atoms with Crippen LogP contribution in [0.4, 0.5) is 17.6 Å². The predicted molar refractivity (Wildman–Crippen MR) is 64.3 cm³/mol. The standard InChI is InChI=1S/C13H7F4N3/c14-9-3-7(5-18-6-9)12-19-10-2-1-8(13(15,16)17)4-11(10)20-12/h1-6H,(H,19,20). The summed E-state index contributed by atoms with van der Waals surface area (Å²) in [6.07, 6.45) is -2.00. The highest BCUT2D eigenvalue weighted by Crippen LogP contribution is 2.31. The summed E-state index contributed by atoms with van der Waals surface area (Å²) in [5.41, 5.74) is 0.212. The summed E-state index contributed by atoms with van der Waals surface area (Å²) < 4.78 is 50.9. The quantitative estimate of drug-likeness (QED) is 0.690. The first-order chi connectivity index (χ1) is 9.43. The Hall–Kier alpha value is -2.44. The van der Waals surface area contributed by atoms with Crippen LogP contribution in [0.1, 0.15) is 5.56 Å². The van der Waals surface area contributed by atoms with Crippen molar-refractivity contribution in [1.29, 1.82) is 0 Å². The number of rotatable bonds is 1. The fraction of sp³-hybridized carbons (Fsp3) is 0.0769.